The van der Waals surface area contributed by atoms with Crippen LogP contribution < -0.4 is 19.1 Å². The van der Waals surface area contributed by atoms with E-state index < -0.39 is 0 Å². The Morgan fingerprint density at radius 1 is 1.03 bits per heavy atom. The van der Waals surface area contributed by atoms with E-state index in [1.54, 1.807) is 26.2 Å². The summed E-state index contributed by atoms with van der Waals surface area (Å²) in [7, 11) is 4.72. The minimum Gasteiger partial charge on any atom is -0.493 e. The molecule has 0 fully saturated rings. The predicted octanol–water partition coefficient (Wildman–Crippen LogP) is 4.77. The third-order valence-corrected chi connectivity index (χ3v) is 5.36. The molecular formula is C22H24N2O4S. The van der Waals surface area contributed by atoms with Crippen LogP contribution in [-0.4, -0.2) is 32.2 Å². The second kappa shape index (κ2) is 9.43. The Balaban J connectivity index is 1.84. The van der Waals surface area contributed by atoms with E-state index in [4.69, 9.17) is 14.2 Å². The van der Waals surface area contributed by atoms with Crippen LogP contribution >= 0.6 is 11.3 Å². The maximum Gasteiger partial charge on any atom is 0.233 e. The molecule has 0 radical (unpaired) electrons. The highest BCUT2D eigenvalue weighted by atomic mass is 32.1. The van der Waals surface area contributed by atoms with E-state index in [0.717, 1.165) is 16.9 Å². The Kier molecular flexibility index (Phi) is 6.72. The van der Waals surface area contributed by atoms with Crippen LogP contribution in [0.15, 0.2) is 47.8 Å². The van der Waals surface area contributed by atoms with Crippen molar-refractivity contribution in [2.45, 2.75) is 19.8 Å². The summed E-state index contributed by atoms with van der Waals surface area (Å²) in [5.74, 6) is 1.66. The van der Waals surface area contributed by atoms with Gasteiger partial charge in [0.25, 0.3) is 0 Å². The number of benzene rings is 2. The van der Waals surface area contributed by atoms with Crippen LogP contribution in [0.1, 0.15) is 17.7 Å². The zero-order chi connectivity index (χ0) is 20.8. The Morgan fingerprint density at radius 3 is 2.21 bits per heavy atom. The number of para-hydroxylation sites is 1. The molecule has 7 heteroatoms. The molecule has 0 bridgehead atoms. The molecule has 0 aliphatic rings. The van der Waals surface area contributed by atoms with Gasteiger partial charge in [0.1, 0.15) is 0 Å². The predicted molar refractivity (Wildman–Crippen MR) is 115 cm³/mol. The first kappa shape index (κ1) is 20.7. The highest BCUT2D eigenvalue weighted by Gasteiger charge is 2.21. The van der Waals surface area contributed by atoms with Crippen molar-refractivity contribution in [2.75, 3.05) is 26.2 Å². The van der Waals surface area contributed by atoms with E-state index >= 15 is 0 Å². The number of methoxy groups -OCH3 is 3. The topological polar surface area (TPSA) is 60.9 Å². The summed E-state index contributed by atoms with van der Waals surface area (Å²) < 4.78 is 16.2. The van der Waals surface area contributed by atoms with Gasteiger partial charge < -0.3 is 14.2 Å². The quantitative estimate of drug-likeness (QED) is 0.533. The van der Waals surface area contributed by atoms with Crippen molar-refractivity contribution in [2.24, 2.45) is 0 Å². The largest absolute Gasteiger partial charge is 0.493 e. The molecule has 29 heavy (non-hydrogen) atoms. The molecular weight excluding hydrogens is 388 g/mol. The SMILES string of the molecule is COc1cc(CCC(=O)N(c2ccccc2)c2nc(C)cs2)cc(OC)c1OC. The van der Waals surface area contributed by atoms with Crippen molar-refractivity contribution in [1.29, 1.82) is 0 Å². The molecule has 0 N–H and O–H groups in total. The summed E-state index contributed by atoms with van der Waals surface area (Å²) in [6, 6.07) is 13.3. The molecule has 1 amide bonds. The fourth-order valence-electron chi connectivity index (χ4n) is 3.03. The lowest BCUT2D eigenvalue weighted by Gasteiger charge is -2.20. The van der Waals surface area contributed by atoms with Crippen molar-refractivity contribution in [3.63, 3.8) is 0 Å². The van der Waals surface area contributed by atoms with Gasteiger partial charge in [-0.05, 0) is 43.2 Å². The number of hydrogen-bond acceptors (Lipinski definition) is 6. The normalized spacial score (nSPS) is 10.5. The zero-order valence-corrected chi connectivity index (χ0v) is 17.8. The molecule has 152 valence electrons. The lowest BCUT2D eigenvalue weighted by molar-refractivity contribution is -0.117. The number of nitrogens with zero attached hydrogens (tertiary/aromatic N) is 2. The number of amides is 1. The average Bonchev–Trinajstić information content (AvgIpc) is 3.17. The van der Waals surface area contributed by atoms with E-state index in [-0.39, 0.29) is 5.91 Å². The minimum absolute atomic E-state index is 0.0284. The van der Waals surface area contributed by atoms with Crippen molar-refractivity contribution in [3.8, 4) is 17.2 Å². The van der Waals surface area contributed by atoms with Gasteiger partial charge in [0.05, 0.1) is 32.7 Å². The third kappa shape index (κ3) is 4.68. The highest BCUT2D eigenvalue weighted by Crippen LogP contribution is 2.38. The molecule has 0 spiro atoms. The summed E-state index contributed by atoms with van der Waals surface area (Å²) >= 11 is 1.46. The Morgan fingerprint density at radius 2 is 1.69 bits per heavy atom. The molecule has 0 saturated carbocycles. The first-order valence-corrected chi connectivity index (χ1v) is 10.0. The number of rotatable bonds is 8. The number of thiazole rings is 1. The van der Waals surface area contributed by atoms with Gasteiger partial charge in [-0.3, -0.25) is 9.69 Å². The van der Waals surface area contributed by atoms with Crippen LogP contribution in [0, 0.1) is 6.92 Å². The van der Waals surface area contributed by atoms with Crippen LogP contribution in [0.4, 0.5) is 10.8 Å². The first-order chi connectivity index (χ1) is 14.1. The third-order valence-electron chi connectivity index (χ3n) is 4.41. The lowest BCUT2D eigenvalue weighted by atomic mass is 10.1. The first-order valence-electron chi connectivity index (χ1n) is 9.16. The molecule has 3 rings (SSSR count). The molecule has 0 atom stereocenters. The number of aromatic nitrogens is 1. The number of anilines is 2. The molecule has 6 nitrogen and oxygen atoms in total. The zero-order valence-electron chi connectivity index (χ0n) is 17.0. The lowest BCUT2D eigenvalue weighted by Crippen LogP contribution is -2.26. The van der Waals surface area contributed by atoms with Gasteiger partial charge in [0.2, 0.25) is 11.7 Å². The average molecular weight is 413 g/mol. The molecule has 0 aliphatic heterocycles. The maximum absolute atomic E-state index is 13.2. The van der Waals surface area contributed by atoms with Gasteiger partial charge >= 0.3 is 0 Å². The van der Waals surface area contributed by atoms with E-state index in [2.05, 4.69) is 4.98 Å². The fourth-order valence-corrected chi connectivity index (χ4v) is 3.86. The molecule has 1 aromatic heterocycles. The minimum atomic E-state index is -0.0284. The molecule has 0 saturated heterocycles. The summed E-state index contributed by atoms with van der Waals surface area (Å²) in [6.45, 7) is 1.92. The van der Waals surface area contributed by atoms with Crippen molar-refractivity contribution in [3.05, 3.63) is 59.1 Å². The Bertz CT molecular complexity index is 947. The monoisotopic (exact) mass is 412 g/mol. The molecule has 0 aliphatic carbocycles. The van der Waals surface area contributed by atoms with Crippen molar-refractivity contribution in [1.82, 2.24) is 4.98 Å². The van der Waals surface area contributed by atoms with Crippen LogP contribution in [0.25, 0.3) is 0 Å². The van der Waals surface area contributed by atoms with Gasteiger partial charge in [-0.1, -0.05) is 18.2 Å². The molecule has 0 unspecified atom stereocenters. The number of carbonyl (C=O) groups excluding carboxylic acids is 1. The Hall–Kier alpha value is -3.06. The smallest absolute Gasteiger partial charge is 0.233 e. The number of ether oxygens (including phenoxy) is 3. The standard InChI is InChI=1S/C22H24N2O4S/c1-15-14-29-22(23-15)24(17-8-6-5-7-9-17)20(25)11-10-16-12-18(26-2)21(28-4)19(13-16)27-3/h5-9,12-14H,10-11H2,1-4H3. The van der Waals surface area contributed by atoms with E-state index in [1.807, 2.05) is 54.8 Å². The summed E-state index contributed by atoms with van der Waals surface area (Å²) in [5.41, 5.74) is 2.62. The molecule has 3 aromatic rings. The maximum atomic E-state index is 13.2. The summed E-state index contributed by atoms with van der Waals surface area (Å²) in [4.78, 5) is 19.3. The summed E-state index contributed by atoms with van der Waals surface area (Å²) in [5, 5.41) is 2.61. The second-order valence-corrected chi connectivity index (χ2v) is 7.21. The number of aryl methyl sites for hydroxylation is 2. The van der Waals surface area contributed by atoms with Crippen LogP contribution in [-0.2, 0) is 11.2 Å². The van der Waals surface area contributed by atoms with Crippen LogP contribution in [0.3, 0.4) is 0 Å². The fraction of sp³-hybridized carbons (Fsp3) is 0.273. The van der Waals surface area contributed by atoms with Gasteiger partial charge in [-0.25, -0.2) is 4.98 Å². The van der Waals surface area contributed by atoms with Gasteiger partial charge in [0.15, 0.2) is 16.6 Å². The van der Waals surface area contributed by atoms with E-state index in [1.165, 1.54) is 11.3 Å². The highest BCUT2D eigenvalue weighted by molar-refractivity contribution is 7.14. The van der Waals surface area contributed by atoms with Crippen LogP contribution in [0.5, 0.6) is 17.2 Å². The number of carbonyl (C=O) groups is 1. The van der Waals surface area contributed by atoms with Crippen molar-refractivity contribution >= 4 is 28.1 Å². The Labute approximate surface area is 174 Å². The van der Waals surface area contributed by atoms with Gasteiger partial charge in [0, 0.05) is 11.8 Å². The van der Waals surface area contributed by atoms with Crippen molar-refractivity contribution < 1.29 is 19.0 Å². The van der Waals surface area contributed by atoms with Gasteiger partial charge in [-0.15, -0.1) is 11.3 Å². The second-order valence-electron chi connectivity index (χ2n) is 6.37. The molecule has 1 heterocycles. The van der Waals surface area contributed by atoms with Gasteiger partial charge in [-0.2, -0.15) is 0 Å². The summed E-state index contributed by atoms with van der Waals surface area (Å²) in [6.07, 6.45) is 0.843. The van der Waals surface area contributed by atoms with E-state index in [9.17, 15) is 4.79 Å². The molecule has 2 aromatic carbocycles. The van der Waals surface area contributed by atoms with E-state index in [0.29, 0.717) is 35.2 Å². The number of hydrogen-bond donors (Lipinski definition) is 0. The van der Waals surface area contributed by atoms with Crippen LogP contribution in [0.2, 0.25) is 0 Å².